The molecule has 0 bridgehead atoms. The fourth-order valence-electron chi connectivity index (χ4n) is 15.6. The lowest BCUT2D eigenvalue weighted by molar-refractivity contribution is 0.195. The fraction of sp³-hybridized carbons (Fsp3) is 0.270. The summed E-state index contributed by atoms with van der Waals surface area (Å²) in [5, 5.41) is 2.22. The predicted octanol–water partition coefficient (Wildman–Crippen LogP) is 18.4. The minimum absolute atomic E-state index is 0.00374. The van der Waals surface area contributed by atoms with Crippen molar-refractivity contribution in [3.05, 3.63) is 210 Å². The topological polar surface area (TPSA) is 22.9 Å². The maximum atomic E-state index is 6.68. The molecule has 1 saturated carbocycles. The quantitative estimate of drug-likeness (QED) is 0.155. The molecule has 2 aliphatic carbocycles. The number of furan rings is 1. The average molecular weight is 1030 g/mol. The van der Waals surface area contributed by atoms with Crippen molar-refractivity contribution >= 4 is 90.5 Å². The van der Waals surface area contributed by atoms with Gasteiger partial charge in [0.25, 0.3) is 6.71 Å². The first-order valence-corrected chi connectivity index (χ1v) is 29.2. The second kappa shape index (κ2) is 16.9. The van der Waals surface area contributed by atoms with Crippen LogP contribution in [0.25, 0.3) is 44.2 Å². The van der Waals surface area contributed by atoms with Gasteiger partial charge in [0.2, 0.25) is 0 Å². The molecular formula is C74H70BN3O. The lowest BCUT2D eigenvalue weighted by atomic mass is 9.33. The van der Waals surface area contributed by atoms with E-state index in [0.717, 1.165) is 58.3 Å². The summed E-state index contributed by atoms with van der Waals surface area (Å²) in [6, 6.07) is 72.1. The number of hydrogen-bond acceptors (Lipinski definition) is 4. The van der Waals surface area contributed by atoms with Crippen LogP contribution in [0.1, 0.15) is 123 Å². The Balaban J connectivity index is 1.08. The molecule has 79 heavy (non-hydrogen) atoms. The van der Waals surface area contributed by atoms with Gasteiger partial charge in [-0.3, -0.25) is 0 Å². The van der Waals surface area contributed by atoms with Gasteiger partial charge >= 0.3 is 0 Å². The first-order chi connectivity index (χ1) is 38.0. The first kappa shape index (κ1) is 48.4. The third kappa shape index (κ3) is 6.93. The van der Waals surface area contributed by atoms with Crippen LogP contribution in [0, 0.1) is 0 Å². The molecule has 15 rings (SSSR count). The molecule has 5 aliphatic rings. The van der Waals surface area contributed by atoms with Gasteiger partial charge in [0.1, 0.15) is 11.2 Å². The minimum Gasteiger partial charge on any atom is -0.456 e. The van der Waals surface area contributed by atoms with Crippen molar-refractivity contribution in [3.8, 4) is 22.3 Å². The number of para-hydroxylation sites is 2. The van der Waals surface area contributed by atoms with Gasteiger partial charge in [0, 0.05) is 50.5 Å². The molecule has 1 aromatic heterocycles. The Bertz CT molecular complexity index is 4130. The first-order valence-electron chi connectivity index (χ1n) is 29.2. The maximum Gasteiger partial charge on any atom is 0.252 e. The van der Waals surface area contributed by atoms with Crippen LogP contribution >= 0.6 is 0 Å². The third-order valence-corrected chi connectivity index (χ3v) is 20.2. The van der Waals surface area contributed by atoms with Crippen molar-refractivity contribution in [3.63, 3.8) is 0 Å². The van der Waals surface area contributed by atoms with Crippen molar-refractivity contribution in [1.82, 2.24) is 0 Å². The zero-order chi connectivity index (χ0) is 54.0. The van der Waals surface area contributed by atoms with Crippen LogP contribution in [0.5, 0.6) is 0 Å². The highest BCUT2D eigenvalue weighted by atomic mass is 16.3. The van der Waals surface area contributed by atoms with E-state index in [9.17, 15) is 0 Å². The number of hydrogen-bond donors (Lipinski definition) is 0. The Kier molecular flexibility index (Phi) is 10.3. The lowest BCUT2D eigenvalue weighted by Gasteiger charge is -2.53. The molecule has 0 N–H and O–H groups in total. The molecule has 2 unspecified atom stereocenters. The zero-order valence-electron chi connectivity index (χ0n) is 47.5. The summed E-state index contributed by atoms with van der Waals surface area (Å²) in [5.74, 6) is 0. The fourth-order valence-corrected chi connectivity index (χ4v) is 15.6. The number of anilines is 8. The minimum atomic E-state index is -0.107. The molecule has 0 amide bonds. The van der Waals surface area contributed by atoms with Crippen molar-refractivity contribution < 1.29 is 4.42 Å². The molecule has 4 heterocycles. The normalized spacial score (nSPS) is 20.1. The molecular weight excluding hydrogens is 958 g/mol. The van der Waals surface area contributed by atoms with E-state index in [-0.39, 0.29) is 33.9 Å². The van der Waals surface area contributed by atoms with Gasteiger partial charge in [0.15, 0.2) is 0 Å². The van der Waals surface area contributed by atoms with Gasteiger partial charge in [-0.05, 0) is 171 Å². The molecule has 5 heteroatoms. The Morgan fingerprint density at radius 3 is 1.89 bits per heavy atom. The van der Waals surface area contributed by atoms with Crippen LogP contribution in [0.3, 0.4) is 0 Å². The van der Waals surface area contributed by atoms with Crippen LogP contribution in [0.4, 0.5) is 45.5 Å². The summed E-state index contributed by atoms with van der Waals surface area (Å²) in [6.07, 6.45) is 7.08. The van der Waals surface area contributed by atoms with Gasteiger partial charge < -0.3 is 19.1 Å². The van der Waals surface area contributed by atoms with Crippen molar-refractivity contribution in [2.24, 2.45) is 0 Å². The Labute approximate surface area is 467 Å². The predicted molar refractivity (Wildman–Crippen MR) is 335 cm³/mol. The van der Waals surface area contributed by atoms with Gasteiger partial charge in [-0.1, -0.05) is 190 Å². The summed E-state index contributed by atoms with van der Waals surface area (Å²) < 4.78 is 6.68. The van der Waals surface area contributed by atoms with E-state index in [2.05, 4.69) is 265 Å². The number of benzene rings is 9. The Morgan fingerprint density at radius 2 is 1.14 bits per heavy atom. The van der Waals surface area contributed by atoms with E-state index < -0.39 is 0 Å². The summed E-state index contributed by atoms with van der Waals surface area (Å²) in [6.45, 7) is 22.0. The molecule has 0 spiro atoms. The highest BCUT2D eigenvalue weighted by molar-refractivity contribution is 7.00. The van der Waals surface area contributed by atoms with Gasteiger partial charge in [-0.25, -0.2) is 0 Å². The molecule has 0 radical (unpaired) electrons. The molecule has 1 fully saturated rings. The van der Waals surface area contributed by atoms with Crippen LogP contribution in [0.2, 0.25) is 0 Å². The van der Waals surface area contributed by atoms with Gasteiger partial charge in [0.05, 0.1) is 22.3 Å². The number of fused-ring (bicyclic) bond motifs is 11. The van der Waals surface area contributed by atoms with Gasteiger partial charge in [-0.2, -0.15) is 0 Å². The van der Waals surface area contributed by atoms with Crippen LogP contribution in [-0.4, -0.2) is 12.3 Å². The Morgan fingerprint density at radius 1 is 0.494 bits per heavy atom. The van der Waals surface area contributed by atoms with Crippen LogP contribution < -0.4 is 31.1 Å². The highest BCUT2D eigenvalue weighted by Crippen LogP contribution is 2.63. The maximum absolute atomic E-state index is 6.68. The summed E-state index contributed by atoms with van der Waals surface area (Å²) in [4.78, 5) is 8.12. The second-order valence-electron chi connectivity index (χ2n) is 26.6. The van der Waals surface area contributed by atoms with Crippen molar-refractivity contribution in [1.29, 1.82) is 0 Å². The monoisotopic (exact) mass is 1030 g/mol. The van der Waals surface area contributed by atoms with E-state index in [1.54, 1.807) is 0 Å². The average Bonchev–Trinajstić information content (AvgIpc) is 1.91. The van der Waals surface area contributed by atoms with Gasteiger partial charge in [-0.15, -0.1) is 0 Å². The standard InChI is InChI=1S/C74H70BN3O/c1-70(2,3)50-32-34-51(35-33-50)76(60-29-21-31-66-67(60)53-26-16-17-30-65(53)79-66)52-36-37-58-62(44-52)77(61-46-57-56(71(4,5)40-41-72(57,6)7)45-54(61)48-24-14-11-15-25-48)63-42-49(47-22-12-10-13-23-47)43-64-68(63)75(58)59-28-20-27-55-69(59)78(64)74(9)39-19-18-38-73(55,74)8/h10-17,20-37,42-46H,18-19,38-41H2,1-9H3. The van der Waals surface area contributed by atoms with Crippen molar-refractivity contribution in [2.45, 2.75) is 128 Å². The number of rotatable bonds is 6. The molecule has 390 valence electrons. The summed E-state index contributed by atoms with van der Waals surface area (Å²) in [5.41, 5.74) is 26.2. The smallest absolute Gasteiger partial charge is 0.252 e. The van der Waals surface area contributed by atoms with Crippen LogP contribution in [-0.2, 0) is 21.7 Å². The molecule has 0 saturated heterocycles. The van der Waals surface area contributed by atoms with E-state index in [4.69, 9.17) is 4.42 Å². The highest BCUT2D eigenvalue weighted by Gasteiger charge is 2.61. The molecule has 4 nitrogen and oxygen atoms in total. The third-order valence-electron chi connectivity index (χ3n) is 20.2. The molecule has 9 aromatic carbocycles. The van der Waals surface area contributed by atoms with E-state index in [1.807, 2.05) is 0 Å². The van der Waals surface area contributed by atoms with E-state index in [0.29, 0.717) is 0 Å². The van der Waals surface area contributed by atoms with Crippen molar-refractivity contribution in [2.75, 3.05) is 14.7 Å². The summed E-state index contributed by atoms with van der Waals surface area (Å²) in [7, 11) is 0. The lowest BCUT2D eigenvalue weighted by Crippen LogP contribution is -2.64. The largest absolute Gasteiger partial charge is 0.456 e. The summed E-state index contributed by atoms with van der Waals surface area (Å²) >= 11 is 0. The van der Waals surface area contributed by atoms with E-state index >= 15 is 0 Å². The molecule has 10 aromatic rings. The second-order valence-corrected chi connectivity index (χ2v) is 26.6. The molecule has 2 atom stereocenters. The number of nitrogens with zero attached hydrogens (tertiary/aromatic N) is 3. The SMILES string of the molecule is CC(C)(C)c1ccc(N(c2ccc3c(c2)N(c2cc4c(cc2-c2ccccc2)C(C)(C)CCC4(C)C)c2cc(-c4ccccc4)cc4c2B3c2cccc3c2N4C2(C)CCCCC32C)c2cccc3oc4ccccc4c23)cc1. The molecule has 3 aliphatic heterocycles. The van der Waals surface area contributed by atoms with Crippen LogP contribution in [0.15, 0.2) is 192 Å². The zero-order valence-corrected chi connectivity index (χ0v) is 47.5. The van der Waals surface area contributed by atoms with E-state index in [1.165, 1.54) is 109 Å². The Hall–Kier alpha value is -7.76.